The van der Waals surface area contributed by atoms with Gasteiger partial charge in [0.25, 0.3) is 0 Å². The van der Waals surface area contributed by atoms with E-state index in [0.29, 0.717) is 29.8 Å². The summed E-state index contributed by atoms with van der Waals surface area (Å²) in [5.74, 6) is 2.91. The first-order valence-electron chi connectivity index (χ1n) is 9.46. The maximum Gasteiger partial charge on any atom is 0.231 e. The third kappa shape index (κ3) is 5.99. The SMILES string of the molecule is CCCCOc1cc(/C=N\NC(=S)NCc2ccc3c(c2)OCO3)ccc1OC. The molecule has 8 heteroatoms. The van der Waals surface area contributed by atoms with Gasteiger partial charge in [-0.2, -0.15) is 5.10 Å². The van der Waals surface area contributed by atoms with E-state index in [-0.39, 0.29) is 6.79 Å². The Morgan fingerprint density at radius 2 is 2.03 bits per heavy atom. The Balaban J connectivity index is 1.49. The molecular weight excluding hydrogens is 390 g/mol. The van der Waals surface area contributed by atoms with Crippen molar-refractivity contribution in [2.24, 2.45) is 5.10 Å². The zero-order valence-electron chi connectivity index (χ0n) is 16.6. The molecule has 0 fully saturated rings. The number of fused-ring (bicyclic) bond motifs is 1. The normalized spacial score (nSPS) is 12.1. The molecule has 0 unspecified atom stereocenters. The maximum atomic E-state index is 5.79. The first kappa shape index (κ1) is 20.7. The second-order valence-electron chi connectivity index (χ2n) is 6.35. The van der Waals surface area contributed by atoms with Crippen molar-refractivity contribution in [2.45, 2.75) is 26.3 Å². The lowest BCUT2D eigenvalue weighted by Gasteiger charge is -2.11. The van der Waals surface area contributed by atoms with E-state index in [4.69, 9.17) is 31.2 Å². The lowest BCUT2D eigenvalue weighted by Crippen LogP contribution is -2.31. The fourth-order valence-electron chi connectivity index (χ4n) is 2.65. The predicted molar refractivity (Wildman–Crippen MR) is 116 cm³/mol. The molecule has 0 radical (unpaired) electrons. The number of nitrogens with one attached hydrogen (secondary N) is 2. The highest BCUT2D eigenvalue weighted by atomic mass is 32.1. The number of hydrogen-bond donors (Lipinski definition) is 2. The average molecular weight is 416 g/mol. The molecule has 2 N–H and O–H groups in total. The van der Waals surface area contributed by atoms with E-state index in [2.05, 4.69) is 22.8 Å². The van der Waals surface area contributed by atoms with Gasteiger partial charge in [-0.1, -0.05) is 19.4 Å². The lowest BCUT2D eigenvalue weighted by atomic mass is 10.2. The van der Waals surface area contributed by atoms with E-state index >= 15 is 0 Å². The molecule has 154 valence electrons. The number of methoxy groups -OCH3 is 1. The van der Waals surface area contributed by atoms with Crippen molar-refractivity contribution in [3.63, 3.8) is 0 Å². The van der Waals surface area contributed by atoms with Gasteiger partial charge in [-0.3, -0.25) is 5.43 Å². The highest BCUT2D eigenvalue weighted by Crippen LogP contribution is 2.32. The summed E-state index contributed by atoms with van der Waals surface area (Å²) in [5.41, 5.74) is 4.73. The zero-order chi connectivity index (χ0) is 20.5. The van der Waals surface area contributed by atoms with Crippen LogP contribution in [0, 0.1) is 0 Å². The number of unbranched alkanes of at least 4 members (excludes halogenated alkanes) is 1. The van der Waals surface area contributed by atoms with Crippen LogP contribution in [-0.4, -0.2) is 31.8 Å². The molecule has 1 aliphatic rings. The third-order valence-electron chi connectivity index (χ3n) is 4.21. The maximum absolute atomic E-state index is 5.79. The van der Waals surface area contributed by atoms with Crippen LogP contribution in [0.15, 0.2) is 41.5 Å². The monoisotopic (exact) mass is 415 g/mol. The molecule has 7 nitrogen and oxygen atoms in total. The van der Waals surface area contributed by atoms with E-state index in [1.54, 1.807) is 13.3 Å². The molecule has 2 aromatic rings. The molecule has 0 aromatic heterocycles. The van der Waals surface area contributed by atoms with Crippen molar-refractivity contribution in [1.29, 1.82) is 0 Å². The van der Waals surface area contributed by atoms with Gasteiger partial charge in [0.15, 0.2) is 28.1 Å². The van der Waals surface area contributed by atoms with Gasteiger partial charge in [0.05, 0.1) is 19.9 Å². The van der Waals surface area contributed by atoms with Crippen molar-refractivity contribution >= 4 is 23.5 Å². The molecule has 1 aliphatic heterocycles. The first-order chi connectivity index (χ1) is 14.2. The molecule has 1 heterocycles. The number of nitrogens with zero attached hydrogens (tertiary/aromatic N) is 1. The van der Waals surface area contributed by atoms with E-state index < -0.39 is 0 Å². The van der Waals surface area contributed by atoms with Gasteiger partial charge in [0, 0.05) is 6.54 Å². The zero-order valence-corrected chi connectivity index (χ0v) is 17.4. The van der Waals surface area contributed by atoms with Crippen LogP contribution >= 0.6 is 12.2 Å². The highest BCUT2D eigenvalue weighted by molar-refractivity contribution is 7.80. The molecule has 2 aromatic carbocycles. The minimum atomic E-state index is 0.262. The Bertz CT molecular complexity index is 873. The molecule has 0 saturated carbocycles. The number of rotatable bonds is 9. The molecule has 0 aliphatic carbocycles. The largest absolute Gasteiger partial charge is 0.493 e. The summed E-state index contributed by atoms with van der Waals surface area (Å²) in [7, 11) is 1.63. The smallest absolute Gasteiger partial charge is 0.231 e. The Morgan fingerprint density at radius 3 is 2.86 bits per heavy atom. The van der Waals surface area contributed by atoms with Gasteiger partial charge in [0.2, 0.25) is 6.79 Å². The summed E-state index contributed by atoms with van der Waals surface area (Å²) in [6, 6.07) is 11.4. The van der Waals surface area contributed by atoms with Gasteiger partial charge in [-0.25, -0.2) is 0 Å². The fourth-order valence-corrected chi connectivity index (χ4v) is 2.78. The van der Waals surface area contributed by atoms with Crippen molar-refractivity contribution in [2.75, 3.05) is 20.5 Å². The second kappa shape index (κ2) is 10.5. The van der Waals surface area contributed by atoms with Crippen LogP contribution < -0.4 is 29.7 Å². The fraction of sp³-hybridized carbons (Fsp3) is 0.333. The van der Waals surface area contributed by atoms with Crippen LogP contribution in [0.5, 0.6) is 23.0 Å². The quantitative estimate of drug-likeness (QED) is 0.281. The van der Waals surface area contributed by atoms with Crippen LogP contribution in [0.2, 0.25) is 0 Å². The van der Waals surface area contributed by atoms with Gasteiger partial charge in [-0.15, -0.1) is 0 Å². The summed E-state index contributed by atoms with van der Waals surface area (Å²) in [5, 5.41) is 7.71. The summed E-state index contributed by atoms with van der Waals surface area (Å²) in [4.78, 5) is 0. The lowest BCUT2D eigenvalue weighted by molar-refractivity contribution is 0.174. The molecule has 3 rings (SSSR count). The Labute approximate surface area is 176 Å². The van der Waals surface area contributed by atoms with E-state index in [1.165, 1.54) is 0 Å². The molecule has 0 spiro atoms. The van der Waals surface area contributed by atoms with Crippen molar-refractivity contribution in [3.8, 4) is 23.0 Å². The topological polar surface area (TPSA) is 73.3 Å². The first-order valence-corrected chi connectivity index (χ1v) is 9.86. The summed E-state index contributed by atoms with van der Waals surface area (Å²) < 4.78 is 21.8. The highest BCUT2D eigenvalue weighted by Gasteiger charge is 2.13. The van der Waals surface area contributed by atoms with E-state index in [0.717, 1.165) is 35.5 Å². The van der Waals surface area contributed by atoms with Crippen LogP contribution in [0.25, 0.3) is 0 Å². The van der Waals surface area contributed by atoms with Gasteiger partial charge in [-0.05, 0) is 60.1 Å². The summed E-state index contributed by atoms with van der Waals surface area (Å²) >= 11 is 5.27. The van der Waals surface area contributed by atoms with Crippen LogP contribution in [0.1, 0.15) is 30.9 Å². The van der Waals surface area contributed by atoms with Crippen molar-refractivity contribution in [3.05, 3.63) is 47.5 Å². The number of hydrazone groups is 1. The van der Waals surface area contributed by atoms with Crippen molar-refractivity contribution < 1.29 is 18.9 Å². The molecule has 29 heavy (non-hydrogen) atoms. The van der Waals surface area contributed by atoms with E-state index in [1.807, 2.05) is 36.4 Å². The third-order valence-corrected chi connectivity index (χ3v) is 4.45. The Morgan fingerprint density at radius 1 is 1.17 bits per heavy atom. The summed E-state index contributed by atoms with van der Waals surface area (Å²) in [6.45, 7) is 3.59. The van der Waals surface area contributed by atoms with Gasteiger partial charge in [0.1, 0.15) is 0 Å². The van der Waals surface area contributed by atoms with Crippen LogP contribution in [0.4, 0.5) is 0 Å². The van der Waals surface area contributed by atoms with Crippen LogP contribution in [0.3, 0.4) is 0 Å². The second-order valence-corrected chi connectivity index (χ2v) is 6.76. The number of hydrogen-bond acceptors (Lipinski definition) is 6. The molecular formula is C21H25N3O4S. The van der Waals surface area contributed by atoms with Crippen LogP contribution in [-0.2, 0) is 6.54 Å². The summed E-state index contributed by atoms with van der Waals surface area (Å²) in [6.07, 6.45) is 3.75. The minimum Gasteiger partial charge on any atom is -0.493 e. The Hall–Kier alpha value is -3.00. The van der Waals surface area contributed by atoms with Gasteiger partial charge >= 0.3 is 0 Å². The van der Waals surface area contributed by atoms with E-state index in [9.17, 15) is 0 Å². The molecule has 0 amide bonds. The molecule has 0 saturated heterocycles. The predicted octanol–water partition coefficient (Wildman–Crippen LogP) is 3.60. The number of ether oxygens (including phenoxy) is 4. The van der Waals surface area contributed by atoms with Gasteiger partial charge < -0.3 is 24.3 Å². The minimum absolute atomic E-state index is 0.262. The molecule has 0 atom stereocenters. The molecule has 0 bridgehead atoms. The van der Waals surface area contributed by atoms with Crippen molar-refractivity contribution in [1.82, 2.24) is 10.7 Å². The average Bonchev–Trinajstić information content (AvgIpc) is 3.20. The number of benzene rings is 2. The number of thiocarbonyl (C=S) groups is 1. The standard InChI is InChI=1S/C21H25N3O4S/c1-3-4-9-26-19-11-16(5-7-17(19)25-2)13-23-24-21(29)22-12-15-6-8-18-20(10-15)28-14-27-18/h5-8,10-11,13H,3-4,9,12,14H2,1-2H3,(H2,22,24,29)/b23-13-. The Kier molecular flexibility index (Phi) is 7.52.